The number of hydrogen-bond acceptors (Lipinski definition) is 2. The molecule has 1 rings (SSSR count). The molecule has 0 saturated heterocycles. The third kappa shape index (κ3) is 1.34. The predicted molar refractivity (Wildman–Crippen MR) is 31.4 cm³/mol. The molecule has 0 aliphatic carbocycles. The Kier molecular flexibility index (Phi) is 2.18. The van der Waals surface area contributed by atoms with E-state index >= 15 is 0 Å². The van der Waals surface area contributed by atoms with Crippen LogP contribution >= 0.6 is 0 Å². The van der Waals surface area contributed by atoms with Gasteiger partial charge < -0.3 is 0 Å². The van der Waals surface area contributed by atoms with Gasteiger partial charge in [-0.25, -0.2) is 0 Å². The first-order chi connectivity index (χ1) is 6.46. The van der Waals surface area contributed by atoms with Crippen molar-refractivity contribution in [3.63, 3.8) is 0 Å². The third-order valence-electron chi connectivity index (χ3n) is 1.81. The number of alkyl halides is 8. The molecular weight excluding hydrogens is 240 g/mol. The second kappa shape index (κ2) is 2.73. The third-order valence-corrected chi connectivity index (χ3v) is 1.81. The van der Waals surface area contributed by atoms with E-state index in [0.717, 1.165) is 0 Å². The highest BCUT2D eigenvalue weighted by molar-refractivity contribution is 5.72. The first-order valence-corrected chi connectivity index (χ1v) is 3.28. The smallest absolute Gasteiger partial charge is 0.281 e. The SMILES string of the molecule is FC(F)(F)C1(C(F)(F)F)NN=CC1(F)F. The number of nitrogens with zero attached hydrogens (tertiary/aromatic N) is 1. The molecule has 0 unspecified atom stereocenters. The van der Waals surface area contributed by atoms with Gasteiger partial charge in [-0.2, -0.15) is 40.2 Å². The number of hydrogen-bond donors (Lipinski definition) is 1. The van der Waals surface area contributed by atoms with E-state index in [1.807, 2.05) is 0 Å². The molecule has 1 aliphatic rings. The van der Waals surface area contributed by atoms with Crippen molar-refractivity contribution in [3.8, 4) is 0 Å². The quantitative estimate of drug-likeness (QED) is 0.646. The van der Waals surface area contributed by atoms with E-state index in [-0.39, 0.29) is 0 Å². The van der Waals surface area contributed by atoms with Gasteiger partial charge in [-0.1, -0.05) is 0 Å². The van der Waals surface area contributed by atoms with E-state index in [2.05, 4.69) is 5.10 Å². The van der Waals surface area contributed by atoms with Crippen molar-refractivity contribution in [1.82, 2.24) is 5.43 Å². The maximum atomic E-state index is 12.6. The Morgan fingerprint density at radius 2 is 1.33 bits per heavy atom. The zero-order valence-electron chi connectivity index (χ0n) is 6.55. The molecule has 0 aromatic heterocycles. The summed E-state index contributed by atoms with van der Waals surface area (Å²) >= 11 is 0. The molecule has 0 aromatic rings. The lowest BCUT2D eigenvalue weighted by Gasteiger charge is -2.36. The van der Waals surface area contributed by atoms with Gasteiger partial charge in [0.2, 0.25) is 0 Å². The zero-order valence-corrected chi connectivity index (χ0v) is 6.55. The Morgan fingerprint density at radius 3 is 1.47 bits per heavy atom. The summed E-state index contributed by atoms with van der Waals surface area (Å²) in [5, 5.41) is 2.16. The van der Waals surface area contributed by atoms with Gasteiger partial charge in [-0.15, -0.1) is 0 Å². The Bertz CT molecular complexity index is 272. The Hall–Kier alpha value is -1.09. The van der Waals surface area contributed by atoms with E-state index < -0.39 is 30.0 Å². The van der Waals surface area contributed by atoms with Gasteiger partial charge in [-0.3, -0.25) is 5.43 Å². The van der Waals surface area contributed by atoms with Crippen LogP contribution in [0, 0.1) is 0 Å². The summed E-state index contributed by atoms with van der Waals surface area (Å²) in [6.45, 7) is 0. The molecule has 88 valence electrons. The molecule has 0 aromatic carbocycles. The van der Waals surface area contributed by atoms with Crippen LogP contribution in [0.3, 0.4) is 0 Å². The summed E-state index contributed by atoms with van der Waals surface area (Å²) < 4.78 is 97.6. The summed E-state index contributed by atoms with van der Waals surface area (Å²) in [6, 6.07) is 0. The number of nitrogens with one attached hydrogen (secondary N) is 1. The Balaban J connectivity index is 3.35. The topological polar surface area (TPSA) is 24.4 Å². The maximum Gasteiger partial charge on any atom is 0.428 e. The Morgan fingerprint density at radius 1 is 0.933 bits per heavy atom. The van der Waals surface area contributed by atoms with E-state index in [4.69, 9.17) is 0 Å². The van der Waals surface area contributed by atoms with Crippen molar-refractivity contribution in [3.05, 3.63) is 0 Å². The average molecular weight is 242 g/mol. The standard InChI is InChI=1S/C5H2F8N2/c6-2(7)1-14-15-3(2,4(8,9)10)5(11,12)13/h1,15H. The predicted octanol–water partition coefficient (Wildman–Crippen LogP) is 2.07. The van der Waals surface area contributed by atoms with Crippen LogP contribution in [-0.2, 0) is 0 Å². The van der Waals surface area contributed by atoms with Crippen LogP contribution in [0.4, 0.5) is 35.1 Å². The summed E-state index contributed by atoms with van der Waals surface area (Å²) in [6.07, 6.45) is -13.1. The van der Waals surface area contributed by atoms with Crippen molar-refractivity contribution >= 4 is 6.21 Å². The summed E-state index contributed by atoms with van der Waals surface area (Å²) in [4.78, 5) is 0. The van der Waals surface area contributed by atoms with Crippen LogP contribution in [0.2, 0.25) is 0 Å². The fourth-order valence-electron chi connectivity index (χ4n) is 1.05. The van der Waals surface area contributed by atoms with Crippen LogP contribution < -0.4 is 5.43 Å². The molecule has 0 amide bonds. The van der Waals surface area contributed by atoms with Crippen molar-refractivity contribution in [2.24, 2.45) is 5.10 Å². The molecule has 10 heteroatoms. The monoisotopic (exact) mass is 242 g/mol. The van der Waals surface area contributed by atoms with Crippen LogP contribution in [0.1, 0.15) is 0 Å². The molecule has 0 fully saturated rings. The first kappa shape index (κ1) is 12.0. The average Bonchev–Trinajstić information content (AvgIpc) is 2.21. The van der Waals surface area contributed by atoms with Crippen LogP contribution in [0.15, 0.2) is 5.10 Å². The van der Waals surface area contributed by atoms with Crippen molar-refractivity contribution < 1.29 is 35.1 Å². The van der Waals surface area contributed by atoms with Crippen molar-refractivity contribution in [2.75, 3.05) is 0 Å². The van der Waals surface area contributed by atoms with Gasteiger partial charge in [0.05, 0.1) is 6.21 Å². The fraction of sp³-hybridized carbons (Fsp3) is 0.800. The van der Waals surface area contributed by atoms with Gasteiger partial charge in [0.1, 0.15) is 0 Å². The second-order valence-electron chi connectivity index (χ2n) is 2.74. The minimum absolute atomic E-state index is 0.410. The fourth-order valence-corrected chi connectivity index (χ4v) is 1.05. The first-order valence-electron chi connectivity index (χ1n) is 3.28. The highest BCUT2D eigenvalue weighted by Crippen LogP contribution is 2.52. The summed E-state index contributed by atoms with van der Waals surface area (Å²) in [5.41, 5.74) is -4.93. The number of halogens is 8. The molecule has 0 spiro atoms. The minimum Gasteiger partial charge on any atom is -0.281 e. The minimum atomic E-state index is -6.22. The molecule has 0 atom stereocenters. The molecule has 0 bridgehead atoms. The normalized spacial score (nSPS) is 24.0. The van der Waals surface area contributed by atoms with Gasteiger partial charge in [0.15, 0.2) is 0 Å². The van der Waals surface area contributed by atoms with Gasteiger partial charge in [0.25, 0.3) is 0 Å². The van der Waals surface area contributed by atoms with Crippen LogP contribution in [0.5, 0.6) is 0 Å². The van der Waals surface area contributed by atoms with Gasteiger partial charge >= 0.3 is 23.8 Å². The highest BCUT2D eigenvalue weighted by Gasteiger charge is 2.84. The van der Waals surface area contributed by atoms with Gasteiger partial charge in [0, 0.05) is 0 Å². The number of hydrazone groups is 1. The van der Waals surface area contributed by atoms with E-state index in [9.17, 15) is 35.1 Å². The lowest BCUT2D eigenvalue weighted by Crippen LogP contribution is -2.71. The van der Waals surface area contributed by atoms with Crippen molar-refractivity contribution in [2.45, 2.75) is 23.8 Å². The molecule has 0 saturated carbocycles. The summed E-state index contributed by atoms with van der Waals surface area (Å²) in [5.74, 6) is -5.18. The molecule has 2 nitrogen and oxygen atoms in total. The lowest BCUT2D eigenvalue weighted by molar-refractivity contribution is -0.343. The second-order valence-corrected chi connectivity index (χ2v) is 2.74. The van der Waals surface area contributed by atoms with E-state index in [1.54, 1.807) is 0 Å². The van der Waals surface area contributed by atoms with Gasteiger partial charge in [-0.05, 0) is 0 Å². The molecule has 1 aliphatic heterocycles. The zero-order chi connectivity index (χ0) is 12.1. The maximum absolute atomic E-state index is 12.6. The highest BCUT2D eigenvalue weighted by atomic mass is 19.4. The molecular formula is C5H2F8N2. The largest absolute Gasteiger partial charge is 0.428 e. The molecule has 0 radical (unpaired) electrons. The Labute approximate surface area is 76.9 Å². The molecule has 1 heterocycles. The van der Waals surface area contributed by atoms with Crippen LogP contribution in [-0.4, -0.2) is 30.0 Å². The molecule has 15 heavy (non-hydrogen) atoms. The lowest BCUT2D eigenvalue weighted by atomic mass is 9.92. The molecule has 1 N–H and O–H groups in total. The summed E-state index contributed by atoms with van der Waals surface area (Å²) in [7, 11) is 0. The van der Waals surface area contributed by atoms with E-state index in [0.29, 0.717) is 5.43 Å². The van der Waals surface area contributed by atoms with Crippen LogP contribution in [0.25, 0.3) is 0 Å². The van der Waals surface area contributed by atoms with E-state index in [1.165, 1.54) is 0 Å². The van der Waals surface area contributed by atoms with Crippen molar-refractivity contribution in [1.29, 1.82) is 0 Å². The number of rotatable bonds is 0.